The highest BCUT2D eigenvalue weighted by Gasteiger charge is 2.01. The van der Waals surface area contributed by atoms with Crippen LogP contribution in [0.3, 0.4) is 0 Å². The number of carboxylic acids is 1. The van der Waals surface area contributed by atoms with Gasteiger partial charge in [-0.1, -0.05) is 30.3 Å². The summed E-state index contributed by atoms with van der Waals surface area (Å²) in [5, 5.41) is 13.7. The lowest BCUT2D eigenvalue weighted by Crippen LogP contribution is -2.29. The molecular weight excluding hydrogens is 248 g/mol. The van der Waals surface area contributed by atoms with Crippen molar-refractivity contribution in [1.29, 1.82) is 0 Å². The van der Waals surface area contributed by atoms with E-state index in [0.717, 1.165) is 5.56 Å². The van der Waals surface area contributed by atoms with Gasteiger partial charge in [-0.25, -0.2) is 4.79 Å². The average Bonchev–Trinajstić information content (AvgIpc) is 2.41. The number of amides is 1. The van der Waals surface area contributed by atoms with Crippen LogP contribution in [-0.4, -0.2) is 36.8 Å². The molecule has 19 heavy (non-hydrogen) atoms. The number of rotatable bonds is 8. The molecule has 1 amide bonds. The standard InChI is InChI=1S/C13H18N2O4/c16-12(17)9-14-7-4-8-15-13(18)19-10-11-5-2-1-3-6-11/h1-3,5-6,14H,4,7-10H2,(H,15,18)(H,16,17). The zero-order valence-electron chi connectivity index (χ0n) is 10.6. The third kappa shape index (κ3) is 7.77. The molecule has 3 N–H and O–H groups in total. The summed E-state index contributed by atoms with van der Waals surface area (Å²) < 4.78 is 5.01. The SMILES string of the molecule is O=C(O)CNCCCNC(=O)OCc1ccccc1. The van der Waals surface area contributed by atoms with Crippen molar-refractivity contribution in [2.75, 3.05) is 19.6 Å². The van der Waals surface area contributed by atoms with Crippen LogP contribution in [0.5, 0.6) is 0 Å². The number of aliphatic carboxylic acids is 1. The van der Waals surface area contributed by atoms with Crippen LogP contribution >= 0.6 is 0 Å². The van der Waals surface area contributed by atoms with Crippen LogP contribution in [-0.2, 0) is 16.1 Å². The van der Waals surface area contributed by atoms with Crippen LogP contribution in [0, 0.1) is 0 Å². The molecule has 0 spiro atoms. The number of nitrogens with one attached hydrogen (secondary N) is 2. The number of carboxylic acid groups (broad SMARTS) is 1. The number of carbonyl (C=O) groups is 2. The van der Waals surface area contributed by atoms with E-state index in [2.05, 4.69) is 10.6 Å². The summed E-state index contributed by atoms with van der Waals surface area (Å²) in [6.45, 7) is 1.15. The number of carbonyl (C=O) groups excluding carboxylic acids is 1. The molecule has 1 aromatic rings. The van der Waals surface area contributed by atoms with Crippen molar-refractivity contribution >= 4 is 12.1 Å². The number of hydrogen-bond acceptors (Lipinski definition) is 4. The summed E-state index contributed by atoms with van der Waals surface area (Å²) in [5.74, 6) is -0.893. The minimum Gasteiger partial charge on any atom is -0.480 e. The minimum atomic E-state index is -0.893. The molecule has 1 rings (SSSR count). The van der Waals surface area contributed by atoms with E-state index in [9.17, 15) is 9.59 Å². The fourth-order valence-corrected chi connectivity index (χ4v) is 1.37. The molecule has 0 aliphatic heterocycles. The summed E-state index contributed by atoms with van der Waals surface area (Å²) in [6.07, 6.45) is 0.176. The van der Waals surface area contributed by atoms with Gasteiger partial charge >= 0.3 is 12.1 Å². The Bertz CT molecular complexity index is 395. The third-order valence-corrected chi connectivity index (χ3v) is 2.29. The molecule has 0 radical (unpaired) electrons. The lowest BCUT2D eigenvalue weighted by molar-refractivity contribution is -0.135. The smallest absolute Gasteiger partial charge is 0.407 e. The molecular formula is C13H18N2O4. The topological polar surface area (TPSA) is 87.7 Å². The van der Waals surface area contributed by atoms with Crippen molar-refractivity contribution in [3.05, 3.63) is 35.9 Å². The molecule has 0 atom stereocenters. The number of hydrogen-bond donors (Lipinski definition) is 3. The molecule has 0 heterocycles. The summed E-state index contributed by atoms with van der Waals surface area (Å²) in [6, 6.07) is 9.41. The van der Waals surface area contributed by atoms with Gasteiger partial charge in [0, 0.05) is 6.54 Å². The molecule has 104 valence electrons. The monoisotopic (exact) mass is 266 g/mol. The van der Waals surface area contributed by atoms with Gasteiger partial charge in [-0.05, 0) is 18.5 Å². The van der Waals surface area contributed by atoms with Gasteiger partial charge in [0.2, 0.25) is 0 Å². The second kappa shape index (κ2) is 8.93. The first-order valence-corrected chi connectivity index (χ1v) is 6.05. The minimum absolute atomic E-state index is 0.0710. The van der Waals surface area contributed by atoms with Crippen LogP contribution < -0.4 is 10.6 Å². The van der Waals surface area contributed by atoms with Crippen LogP contribution in [0.1, 0.15) is 12.0 Å². The van der Waals surface area contributed by atoms with Gasteiger partial charge in [-0.3, -0.25) is 4.79 Å². The highest BCUT2D eigenvalue weighted by molar-refractivity contribution is 5.69. The molecule has 0 bridgehead atoms. The van der Waals surface area contributed by atoms with Crippen molar-refractivity contribution in [1.82, 2.24) is 10.6 Å². The maximum Gasteiger partial charge on any atom is 0.407 e. The Balaban J connectivity index is 2.01. The van der Waals surface area contributed by atoms with Gasteiger partial charge < -0.3 is 20.5 Å². The summed E-state index contributed by atoms with van der Waals surface area (Å²) in [5.41, 5.74) is 0.931. The Hall–Kier alpha value is -2.08. The maximum absolute atomic E-state index is 11.3. The molecule has 0 saturated heterocycles. The van der Waals surface area contributed by atoms with Crippen LogP contribution in [0.15, 0.2) is 30.3 Å². The van der Waals surface area contributed by atoms with E-state index in [4.69, 9.17) is 9.84 Å². The second-order valence-corrected chi connectivity index (χ2v) is 3.91. The van der Waals surface area contributed by atoms with Crippen molar-refractivity contribution in [3.63, 3.8) is 0 Å². The fourth-order valence-electron chi connectivity index (χ4n) is 1.37. The van der Waals surface area contributed by atoms with Crippen molar-refractivity contribution in [2.24, 2.45) is 0 Å². The summed E-state index contributed by atoms with van der Waals surface area (Å²) in [4.78, 5) is 21.5. The lowest BCUT2D eigenvalue weighted by Gasteiger charge is -2.07. The molecule has 0 aromatic heterocycles. The molecule has 1 aromatic carbocycles. The van der Waals surface area contributed by atoms with Crippen molar-refractivity contribution in [3.8, 4) is 0 Å². The maximum atomic E-state index is 11.3. The predicted molar refractivity (Wildman–Crippen MR) is 69.8 cm³/mol. The highest BCUT2D eigenvalue weighted by atomic mass is 16.5. The Morgan fingerprint density at radius 1 is 1.16 bits per heavy atom. The van der Waals surface area contributed by atoms with Gasteiger partial charge in [-0.2, -0.15) is 0 Å². The molecule has 6 nitrogen and oxygen atoms in total. The Morgan fingerprint density at radius 2 is 1.89 bits per heavy atom. The quantitative estimate of drug-likeness (QED) is 0.610. The largest absolute Gasteiger partial charge is 0.480 e. The van der Waals surface area contributed by atoms with Crippen LogP contribution in [0.2, 0.25) is 0 Å². The van der Waals surface area contributed by atoms with Crippen molar-refractivity contribution < 1.29 is 19.4 Å². The van der Waals surface area contributed by atoms with E-state index >= 15 is 0 Å². The van der Waals surface area contributed by atoms with Gasteiger partial charge in [0.25, 0.3) is 0 Å². The third-order valence-electron chi connectivity index (χ3n) is 2.29. The molecule has 0 aliphatic carbocycles. The molecule has 0 fully saturated rings. The molecule has 0 unspecified atom stereocenters. The van der Waals surface area contributed by atoms with Gasteiger partial charge in [0.15, 0.2) is 0 Å². The van der Waals surface area contributed by atoms with Gasteiger partial charge in [-0.15, -0.1) is 0 Å². The first kappa shape index (κ1) is 15.0. The molecule has 0 saturated carbocycles. The number of alkyl carbamates (subject to hydrolysis) is 1. The fraction of sp³-hybridized carbons (Fsp3) is 0.385. The summed E-state index contributed by atoms with van der Waals surface area (Å²) in [7, 11) is 0. The second-order valence-electron chi connectivity index (χ2n) is 3.91. The lowest BCUT2D eigenvalue weighted by atomic mass is 10.2. The first-order valence-electron chi connectivity index (χ1n) is 6.05. The van der Waals surface area contributed by atoms with Gasteiger partial charge in [0.05, 0.1) is 6.54 Å². The van der Waals surface area contributed by atoms with E-state index in [1.165, 1.54) is 0 Å². The molecule has 0 aliphatic rings. The van der Waals surface area contributed by atoms with E-state index < -0.39 is 12.1 Å². The number of ether oxygens (including phenoxy) is 1. The Kier molecular flexibility index (Phi) is 7.04. The first-order chi connectivity index (χ1) is 9.18. The van der Waals surface area contributed by atoms with E-state index in [1.807, 2.05) is 30.3 Å². The van der Waals surface area contributed by atoms with Crippen molar-refractivity contribution in [2.45, 2.75) is 13.0 Å². The average molecular weight is 266 g/mol. The highest BCUT2D eigenvalue weighted by Crippen LogP contribution is 2.00. The Labute approximate surface area is 111 Å². The summed E-state index contributed by atoms with van der Waals surface area (Å²) >= 11 is 0. The zero-order chi connectivity index (χ0) is 13.9. The van der Waals surface area contributed by atoms with Gasteiger partial charge in [0.1, 0.15) is 6.61 Å². The zero-order valence-corrected chi connectivity index (χ0v) is 10.6. The van der Waals surface area contributed by atoms with Crippen LogP contribution in [0.4, 0.5) is 4.79 Å². The van der Waals surface area contributed by atoms with E-state index in [0.29, 0.717) is 19.5 Å². The Morgan fingerprint density at radius 3 is 2.58 bits per heavy atom. The van der Waals surface area contributed by atoms with E-state index in [-0.39, 0.29) is 13.2 Å². The normalized spacial score (nSPS) is 9.89. The predicted octanol–water partition coefficient (Wildman–Crippen LogP) is 0.977. The molecule has 6 heteroatoms. The number of benzene rings is 1. The van der Waals surface area contributed by atoms with Crippen LogP contribution in [0.25, 0.3) is 0 Å². The van der Waals surface area contributed by atoms with E-state index in [1.54, 1.807) is 0 Å².